The summed E-state index contributed by atoms with van der Waals surface area (Å²) >= 11 is 1.37. The Bertz CT molecular complexity index is 1210. The summed E-state index contributed by atoms with van der Waals surface area (Å²) < 4.78 is 15.9. The van der Waals surface area contributed by atoms with Crippen molar-refractivity contribution in [3.63, 3.8) is 0 Å². The van der Waals surface area contributed by atoms with E-state index < -0.39 is 23.5 Å². The van der Waals surface area contributed by atoms with Crippen LogP contribution in [-0.2, 0) is 21.8 Å². The van der Waals surface area contributed by atoms with Crippen LogP contribution in [-0.4, -0.2) is 37.9 Å². The third-order valence-corrected chi connectivity index (χ3v) is 6.25. The first-order valence-electron chi connectivity index (χ1n) is 10.1. The molecule has 9 heteroatoms. The molecule has 33 heavy (non-hydrogen) atoms. The van der Waals surface area contributed by atoms with Gasteiger partial charge in [-0.1, -0.05) is 30.3 Å². The maximum atomic E-state index is 12.6. The van der Waals surface area contributed by atoms with Crippen LogP contribution in [0.3, 0.4) is 0 Å². The fourth-order valence-electron chi connectivity index (χ4n) is 3.36. The summed E-state index contributed by atoms with van der Waals surface area (Å²) in [5.74, 6) is -0.417. The zero-order valence-corrected chi connectivity index (χ0v) is 19.3. The van der Waals surface area contributed by atoms with Gasteiger partial charge in [0.2, 0.25) is 5.91 Å². The highest BCUT2D eigenvalue weighted by Gasteiger charge is 2.20. The van der Waals surface area contributed by atoms with Crippen molar-refractivity contribution >= 4 is 34.6 Å². The molecular formula is C24H24NO7S-. The lowest BCUT2D eigenvalue weighted by Crippen LogP contribution is -2.50. The largest absolute Gasteiger partial charge is 0.548 e. The maximum Gasteiger partial charge on any atom is 0.340 e. The standard InChI is InChI=1S/C24H25NO7S/c1-14-16-9-20(30-2)21(31-3)11-19(16)32-24(29)17(14)10-22(26)25-18(23(27)28)13-33-12-15-7-5-4-6-8-15/h4-9,11,18H,10,12-13H2,1-3H3,(H,25,26)(H,27,28)/p-1/t18-/m0/s1. The second-order valence-corrected chi connectivity index (χ2v) is 8.34. The molecule has 0 fully saturated rings. The van der Waals surface area contributed by atoms with Gasteiger partial charge in [-0.25, -0.2) is 4.79 Å². The first-order chi connectivity index (χ1) is 15.8. The molecule has 0 radical (unpaired) electrons. The summed E-state index contributed by atoms with van der Waals surface area (Å²) in [5, 5.41) is 14.6. The zero-order chi connectivity index (χ0) is 24.0. The van der Waals surface area contributed by atoms with Gasteiger partial charge in [-0.05, 0) is 24.1 Å². The Kier molecular flexibility index (Phi) is 8.00. The van der Waals surface area contributed by atoms with Crippen molar-refractivity contribution in [3.05, 3.63) is 69.6 Å². The van der Waals surface area contributed by atoms with E-state index >= 15 is 0 Å². The van der Waals surface area contributed by atoms with Crippen molar-refractivity contribution in [2.75, 3.05) is 20.0 Å². The molecule has 3 rings (SSSR count). The quantitative estimate of drug-likeness (QED) is 0.446. The molecule has 0 spiro atoms. The number of amides is 1. The number of methoxy groups -OCH3 is 2. The van der Waals surface area contributed by atoms with Gasteiger partial charge in [0.05, 0.1) is 38.2 Å². The van der Waals surface area contributed by atoms with E-state index in [1.807, 2.05) is 30.3 Å². The van der Waals surface area contributed by atoms with Gasteiger partial charge in [-0.15, -0.1) is 0 Å². The second-order valence-electron chi connectivity index (χ2n) is 7.31. The highest BCUT2D eigenvalue weighted by molar-refractivity contribution is 7.98. The molecule has 1 atom stereocenters. The number of fused-ring (bicyclic) bond motifs is 1. The fraction of sp³-hybridized carbons (Fsp3) is 0.292. The van der Waals surface area contributed by atoms with Crippen LogP contribution < -0.4 is 25.5 Å². The number of carboxylic acid groups (broad SMARTS) is 1. The molecule has 0 aliphatic rings. The average molecular weight is 471 g/mol. The minimum Gasteiger partial charge on any atom is -0.548 e. The molecule has 1 aromatic heterocycles. The summed E-state index contributed by atoms with van der Waals surface area (Å²) in [6, 6.07) is 11.6. The van der Waals surface area contributed by atoms with E-state index in [1.165, 1.54) is 26.0 Å². The molecular weight excluding hydrogens is 446 g/mol. The van der Waals surface area contributed by atoms with E-state index in [-0.39, 0.29) is 17.7 Å². The summed E-state index contributed by atoms with van der Waals surface area (Å²) in [7, 11) is 2.96. The van der Waals surface area contributed by atoms with Crippen molar-refractivity contribution in [1.29, 1.82) is 0 Å². The van der Waals surface area contributed by atoms with E-state index in [0.29, 0.717) is 33.8 Å². The van der Waals surface area contributed by atoms with Crippen LogP contribution in [0.5, 0.6) is 11.5 Å². The van der Waals surface area contributed by atoms with Gasteiger partial charge in [0.25, 0.3) is 0 Å². The molecule has 1 N–H and O–H groups in total. The van der Waals surface area contributed by atoms with Gasteiger partial charge in [-0.3, -0.25) is 4.79 Å². The summed E-state index contributed by atoms with van der Waals surface area (Å²) in [6.07, 6.45) is -0.328. The third-order valence-electron chi connectivity index (χ3n) is 5.14. The topological polar surface area (TPSA) is 118 Å². The Labute approximate surface area is 194 Å². The highest BCUT2D eigenvalue weighted by atomic mass is 32.2. The van der Waals surface area contributed by atoms with E-state index in [0.717, 1.165) is 5.56 Å². The molecule has 1 heterocycles. The van der Waals surface area contributed by atoms with Crippen LogP contribution in [0.4, 0.5) is 0 Å². The predicted molar refractivity (Wildman–Crippen MR) is 124 cm³/mol. The van der Waals surface area contributed by atoms with E-state index in [1.54, 1.807) is 19.1 Å². The zero-order valence-electron chi connectivity index (χ0n) is 18.5. The number of aryl methyl sites for hydroxylation is 1. The number of benzene rings is 2. The molecule has 2 aromatic carbocycles. The van der Waals surface area contributed by atoms with Crippen molar-refractivity contribution in [3.8, 4) is 11.5 Å². The van der Waals surface area contributed by atoms with Crippen LogP contribution in [0.1, 0.15) is 16.7 Å². The monoisotopic (exact) mass is 470 g/mol. The third kappa shape index (κ3) is 5.87. The molecule has 0 bridgehead atoms. The van der Waals surface area contributed by atoms with Crippen LogP contribution in [0.25, 0.3) is 11.0 Å². The number of hydrogen-bond acceptors (Lipinski definition) is 8. The lowest BCUT2D eigenvalue weighted by molar-refractivity contribution is -0.307. The van der Waals surface area contributed by atoms with E-state index in [9.17, 15) is 19.5 Å². The SMILES string of the molecule is COc1cc2oc(=O)c(CC(=O)N[C@@H](CSCc3ccccc3)C(=O)[O-])c(C)c2cc1OC. The van der Waals surface area contributed by atoms with Crippen LogP contribution in [0, 0.1) is 6.92 Å². The Morgan fingerprint density at radius 1 is 1.12 bits per heavy atom. The summed E-state index contributed by atoms with van der Waals surface area (Å²) in [5.41, 5.74) is 1.35. The molecule has 0 unspecified atom stereocenters. The number of thioether (sulfide) groups is 1. The van der Waals surface area contributed by atoms with Crippen molar-refractivity contribution in [2.24, 2.45) is 0 Å². The molecule has 3 aromatic rings. The van der Waals surface area contributed by atoms with Crippen molar-refractivity contribution < 1.29 is 28.6 Å². The number of carbonyl (C=O) groups excluding carboxylic acids is 2. The van der Waals surface area contributed by atoms with Gasteiger partial charge in [0.1, 0.15) is 5.58 Å². The number of carbonyl (C=O) groups is 2. The lowest BCUT2D eigenvalue weighted by Gasteiger charge is -2.19. The predicted octanol–water partition coefficient (Wildman–Crippen LogP) is 1.83. The number of rotatable bonds is 10. The average Bonchev–Trinajstić information content (AvgIpc) is 2.81. The molecule has 8 nitrogen and oxygen atoms in total. The summed E-state index contributed by atoms with van der Waals surface area (Å²) in [4.78, 5) is 36.7. The highest BCUT2D eigenvalue weighted by Crippen LogP contribution is 2.33. The Balaban J connectivity index is 1.74. The molecule has 174 valence electrons. The molecule has 0 aliphatic heterocycles. The van der Waals surface area contributed by atoms with Gasteiger partial charge in [-0.2, -0.15) is 11.8 Å². The van der Waals surface area contributed by atoms with Crippen LogP contribution in [0.15, 0.2) is 51.7 Å². The Morgan fingerprint density at radius 3 is 2.42 bits per heavy atom. The smallest absolute Gasteiger partial charge is 0.340 e. The normalized spacial score (nSPS) is 11.7. The van der Waals surface area contributed by atoms with Gasteiger partial charge in [0, 0.05) is 23.0 Å². The maximum absolute atomic E-state index is 12.6. The number of carboxylic acids is 1. The lowest BCUT2D eigenvalue weighted by atomic mass is 10.0. The van der Waals surface area contributed by atoms with Crippen LogP contribution >= 0.6 is 11.8 Å². The van der Waals surface area contributed by atoms with Crippen molar-refractivity contribution in [1.82, 2.24) is 5.32 Å². The van der Waals surface area contributed by atoms with Crippen LogP contribution in [0.2, 0.25) is 0 Å². The fourth-order valence-corrected chi connectivity index (χ4v) is 4.36. The van der Waals surface area contributed by atoms with E-state index in [2.05, 4.69) is 5.32 Å². The number of hydrogen-bond donors (Lipinski definition) is 1. The molecule has 1 amide bonds. The van der Waals surface area contributed by atoms with Gasteiger partial charge in [0.15, 0.2) is 11.5 Å². The van der Waals surface area contributed by atoms with Gasteiger partial charge < -0.3 is 29.1 Å². The van der Waals surface area contributed by atoms with Gasteiger partial charge >= 0.3 is 5.63 Å². The molecule has 0 saturated carbocycles. The summed E-state index contributed by atoms with van der Waals surface area (Å²) in [6.45, 7) is 1.69. The molecule has 0 saturated heterocycles. The number of aliphatic carboxylic acids is 1. The van der Waals surface area contributed by atoms with E-state index in [4.69, 9.17) is 13.9 Å². The first-order valence-corrected chi connectivity index (χ1v) is 11.3. The minimum absolute atomic E-state index is 0.130. The Hall–Kier alpha value is -3.46. The van der Waals surface area contributed by atoms with Crippen molar-refractivity contribution in [2.45, 2.75) is 25.1 Å². The second kappa shape index (κ2) is 10.9. The molecule has 0 aliphatic carbocycles. The number of nitrogens with one attached hydrogen (secondary N) is 1. The Morgan fingerprint density at radius 2 is 1.79 bits per heavy atom. The first kappa shape index (κ1) is 24.2. The minimum atomic E-state index is -1.39. The number of ether oxygens (including phenoxy) is 2.